The fraction of sp³-hybridized carbons (Fsp3) is 0.405. The molecule has 1 fully saturated rings. The van der Waals surface area contributed by atoms with Crippen LogP contribution in [0, 0.1) is 19.3 Å². The Hall–Kier alpha value is -4.51. The number of sulfonamides is 1. The van der Waals surface area contributed by atoms with Gasteiger partial charge in [-0.05, 0) is 86.4 Å². The Labute approximate surface area is 283 Å². The SMILES string of the molecule is Cc1cccc(C)c1-c1cc2nc(n1)NS(=O)(=O)c1cccc(c1)C(=O)N(Cc1cccc(N3CCCCC3)n1)[C@H](CC(C)(C)C)CO2. The molecular formula is C37H44N6O4S. The number of hydrogen-bond donors (Lipinski definition) is 1. The predicted molar refractivity (Wildman–Crippen MR) is 188 cm³/mol. The van der Waals surface area contributed by atoms with E-state index in [1.807, 2.05) is 50.2 Å². The number of piperidine rings is 1. The van der Waals surface area contributed by atoms with Gasteiger partial charge in [-0.15, -0.1) is 0 Å². The molecule has 0 spiro atoms. The lowest BCUT2D eigenvalue weighted by molar-refractivity contribution is 0.0509. The van der Waals surface area contributed by atoms with E-state index < -0.39 is 16.1 Å². The van der Waals surface area contributed by atoms with E-state index in [1.165, 1.54) is 18.6 Å². The van der Waals surface area contributed by atoms with Gasteiger partial charge in [0.2, 0.25) is 11.8 Å². The molecule has 1 atom stereocenters. The number of nitrogens with one attached hydrogen (secondary N) is 1. The number of carbonyl (C=O) groups is 1. The Morgan fingerprint density at radius 1 is 0.896 bits per heavy atom. The summed E-state index contributed by atoms with van der Waals surface area (Å²) in [6.07, 6.45) is 4.09. The number of rotatable bonds is 5. The van der Waals surface area contributed by atoms with E-state index >= 15 is 0 Å². The molecule has 1 saturated heterocycles. The van der Waals surface area contributed by atoms with Crippen LogP contribution in [0.1, 0.15) is 73.6 Å². The second kappa shape index (κ2) is 13.5. The Morgan fingerprint density at radius 2 is 1.60 bits per heavy atom. The third-order valence-corrected chi connectivity index (χ3v) is 10.2. The van der Waals surface area contributed by atoms with Crippen LogP contribution >= 0.6 is 0 Å². The lowest BCUT2D eigenvalue weighted by Gasteiger charge is -2.36. The molecule has 6 rings (SSSR count). The molecule has 4 heterocycles. The first-order chi connectivity index (χ1) is 22.9. The van der Waals surface area contributed by atoms with Crippen molar-refractivity contribution in [2.45, 2.75) is 77.8 Å². The molecule has 4 aromatic rings. The van der Waals surface area contributed by atoms with Crippen LogP contribution in [-0.4, -0.2) is 59.9 Å². The summed E-state index contributed by atoms with van der Waals surface area (Å²) in [5, 5.41) is 0. The number of aryl methyl sites for hydroxylation is 2. The van der Waals surface area contributed by atoms with Crippen molar-refractivity contribution in [2.75, 3.05) is 29.3 Å². The van der Waals surface area contributed by atoms with Crippen LogP contribution < -0.4 is 14.4 Å². The lowest BCUT2D eigenvalue weighted by Crippen LogP contribution is -2.45. The zero-order chi connectivity index (χ0) is 34.1. The summed E-state index contributed by atoms with van der Waals surface area (Å²) in [5.41, 5.74) is 4.22. The van der Waals surface area contributed by atoms with Crippen LogP contribution in [-0.2, 0) is 16.6 Å². The van der Waals surface area contributed by atoms with Crippen molar-refractivity contribution in [1.82, 2.24) is 19.9 Å². The fourth-order valence-electron chi connectivity index (χ4n) is 6.58. The van der Waals surface area contributed by atoms with Gasteiger partial charge in [-0.1, -0.05) is 51.1 Å². The summed E-state index contributed by atoms with van der Waals surface area (Å²) < 4.78 is 36.4. The van der Waals surface area contributed by atoms with Crippen molar-refractivity contribution in [3.8, 4) is 17.1 Å². The maximum atomic E-state index is 14.5. The molecule has 2 aliphatic heterocycles. The van der Waals surface area contributed by atoms with Crippen molar-refractivity contribution in [3.05, 3.63) is 89.1 Å². The molecule has 0 radical (unpaired) electrons. The molecule has 10 nitrogen and oxygen atoms in total. The molecule has 0 aliphatic carbocycles. The lowest BCUT2D eigenvalue weighted by atomic mass is 9.87. The van der Waals surface area contributed by atoms with Crippen LogP contribution in [0.3, 0.4) is 0 Å². The maximum Gasteiger partial charge on any atom is 0.264 e. The van der Waals surface area contributed by atoms with E-state index in [0.29, 0.717) is 12.1 Å². The van der Waals surface area contributed by atoms with Crippen LogP contribution in [0.4, 0.5) is 11.8 Å². The van der Waals surface area contributed by atoms with Gasteiger partial charge < -0.3 is 14.5 Å². The fourth-order valence-corrected chi connectivity index (χ4v) is 7.56. The van der Waals surface area contributed by atoms with Gasteiger partial charge in [-0.2, -0.15) is 4.98 Å². The van der Waals surface area contributed by atoms with Crippen molar-refractivity contribution >= 4 is 27.7 Å². The first-order valence-electron chi connectivity index (χ1n) is 16.6. The van der Waals surface area contributed by atoms with Crippen molar-refractivity contribution in [3.63, 3.8) is 0 Å². The molecule has 252 valence electrons. The number of aromatic nitrogens is 3. The highest BCUT2D eigenvalue weighted by Crippen LogP contribution is 2.32. The van der Waals surface area contributed by atoms with Gasteiger partial charge in [0.25, 0.3) is 15.9 Å². The Kier molecular flexibility index (Phi) is 9.42. The van der Waals surface area contributed by atoms with E-state index in [2.05, 4.69) is 40.4 Å². The number of amides is 1. The van der Waals surface area contributed by atoms with E-state index in [4.69, 9.17) is 9.72 Å². The highest BCUT2D eigenvalue weighted by atomic mass is 32.2. The van der Waals surface area contributed by atoms with E-state index in [1.54, 1.807) is 23.1 Å². The molecule has 2 aliphatic rings. The first kappa shape index (κ1) is 33.4. The summed E-state index contributed by atoms with van der Waals surface area (Å²) in [6.45, 7) is 12.6. The van der Waals surface area contributed by atoms with E-state index in [0.717, 1.165) is 54.1 Å². The van der Waals surface area contributed by atoms with Gasteiger partial charge in [-0.3, -0.25) is 4.79 Å². The molecule has 4 bridgehead atoms. The van der Waals surface area contributed by atoms with Gasteiger partial charge in [0.05, 0.1) is 28.9 Å². The largest absolute Gasteiger partial charge is 0.475 e. The van der Waals surface area contributed by atoms with Gasteiger partial charge in [0, 0.05) is 30.3 Å². The van der Waals surface area contributed by atoms with E-state index in [-0.39, 0.29) is 46.8 Å². The quantitative estimate of drug-likeness (QED) is 0.247. The Balaban J connectivity index is 1.46. The monoisotopic (exact) mass is 668 g/mol. The van der Waals surface area contributed by atoms with Crippen LogP contribution in [0.15, 0.2) is 71.6 Å². The van der Waals surface area contributed by atoms with Gasteiger partial charge >= 0.3 is 0 Å². The normalized spacial score (nSPS) is 18.2. The summed E-state index contributed by atoms with van der Waals surface area (Å²) in [7, 11) is -4.16. The number of carbonyl (C=O) groups excluding carboxylic acids is 1. The second-order valence-electron chi connectivity index (χ2n) is 14.0. The standard InChI is InChI=1S/C37H44N6O4S/c1-25-12-9-13-26(2)34(25)31-21-33-40-36(39-31)41-48(45,46)30-16-10-14-27(20-30)35(44)43(29(24-47-33)22-37(3,4)5)23-28-15-11-17-32(38-28)42-18-7-6-8-19-42/h9-17,20-21,29H,6-8,18-19,22-24H2,1-5H3,(H,39,40,41)/t29-/m1/s1. The highest BCUT2D eigenvalue weighted by molar-refractivity contribution is 7.92. The molecule has 1 N–H and O–H groups in total. The number of pyridine rings is 1. The Bertz CT molecular complexity index is 1900. The van der Waals surface area contributed by atoms with Crippen LogP contribution in [0.5, 0.6) is 5.88 Å². The molecule has 0 unspecified atom stereocenters. The number of hydrogen-bond acceptors (Lipinski definition) is 8. The minimum Gasteiger partial charge on any atom is -0.475 e. The Morgan fingerprint density at radius 3 is 2.33 bits per heavy atom. The smallest absolute Gasteiger partial charge is 0.264 e. The molecule has 48 heavy (non-hydrogen) atoms. The maximum absolute atomic E-state index is 14.5. The van der Waals surface area contributed by atoms with Crippen molar-refractivity contribution < 1.29 is 17.9 Å². The summed E-state index contributed by atoms with van der Waals surface area (Å²) in [4.78, 5) is 32.6. The number of anilines is 2. The second-order valence-corrected chi connectivity index (χ2v) is 15.7. The van der Waals surface area contributed by atoms with E-state index in [9.17, 15) is 13.2 Å². The minimum absolute atomic E-state index is 0.0614. The van der Waals surface area contributed by atoms with Gasteiger partial charge in [0.1, 0.15) is 12.4 Å². The third-order valence-electron chi connectivity index (χ3n) is 8.83. The average Bonchev–Trinajstić information content (AvgIpc) is 3.05. The molecule has 2 aromatic carbocycles. The number of fused-ring (bicyclic) bond motifs is 4. The summed E-state index contributed by atoms with van der Waals surface area (Å²) in [5.74, 6) is 0.705. The zero-order valence-electron chi connectivity index (χ0n) is 28.4. The summed E-state index contributed by atoms with van der Waals surface area (Å²) in [6, 6.07) is 19.3. The third kappa shape index (κ3) is 7.62. The highest BCUT2D eigenvalue weighted by Gasteiger charge is 2.32. The molecule has 0 saturated carbocycles. The molecular weight excluding hydrogens is 625 g/mol. The molecule has 11 heteroatoms. The topological polar surface area (TPSA) is 118 Å². The predicted octanol–water partition coefficient (Wildman–Crippen LogP) is 6.79. The zero-order valence-corrected chi connectivity index (χ0v) is 29.2. The average molecular weight is 669 g/mol. The van der Waals surface area contributed by atoms with Crippen LogP contribution in [0.2, 0.25) is 0 Å². The first-order valence-corrected chi connectivity index (χ1v) is 18.1. The number of benzene rings is 2. The molecule has 2 aromatic heterocycles. The van der Waals surface area contributed by atoms with Gasteiger partial charge in [-0.25, -0.2) is 23.1 Å². The van der Waals surface area contributed by atoms with Crippen molar-refractivity contribution in [2.24, 2.45) is 5.41 Å². The van der Waals surface area contributed by atoms with Crippen LogP contribution in [0.25, 0.3) is 11.3 Å². The van der Waals surface area contributed by atoms with Crippen molar-refractivity contribution in [1.29, 1.82) is 0 Å². The van der Waals surface area contributed by atoms with Gasteiger partial charge in [0.15, 0.2) is 0 Å². The number of nitrogens with zero attached hydrogens (tertiary/aromatic N) is 5. The summed E-state index contributed by atoms with van der Waals surface area (Å²) >= 11 is 0. The molecule has 1 amide bonds. The number of ether oxygens (including phenoxy) is 1. The minimum atomic E-state index is -4.16.